The summed E-state index contributed by atoms with van der Waals surface area (Å²) in [6, 6.07) is 8.04. The maximum absolute atomic E-state index is 11.4. The average molecular weight is 504 g/mol. The highest BCUT2D eigenvalue weighted by Gasteiger charge is 2.23. The molecule has 1 aromatic rings. The number of anilines is 1. The molecule has 0 aliphatic carbocycles. The molecule has 2 aliphatic heterocycles. The van der Waals surface area contributed by atoms with Crippen LogP contribution in [0.2, 0.25) is 0 Å². The van der Waals surface area contributed by atoms with Gasteiger partial charge in [0.15, 0.2) is 0 Å². The number of aliphatic carboxylic acids is 2. The summed E-state index contributed by atoms with van der Waals surface area (Å²) in [5, 5.41) is 21.5. The van der Waals surface area contributed by atoms with Gasteiger partial charge in [0, 0.05) is 65.0 Å². The van der Waals surface area contributed by atoms with Crippen LogP contribution in [-0.4, -0.2) is 126 Å². The summed E-state index contributed by atoms with van der Waals surface area (Å²) < 4.78 is 0. The molecule has 3 N–H and O–H groups in total. The van der Waals surface area contributed by atoms with E-state index in [1.807, 2.05) is 21.9 Å². The van der Waals surface area contributed by atoms with Crippen LogP contribution in [0.4, 0.5) is 5.69 Å². The fourth-order valence-corrected chi connectivity index (χ4v) is 5.29. The van der Waals surface area contributed by atoms with E-state index in [2.05, 4.69) is 27.2 Å². The Morgan fingerprint density at radius 3 is 1.72 bits per heavy atom. The van der Waals surface area contributed by atoms with Gasteiger partial charge in [0.2, 0.25) is 5.91 Å². The highest BCUT2D eigenvalue weighted by Crippen LogP contribution is 2.18. The highest BCUT2D eigenvalue weighted by molar-refractivity contribution is 5.88. The van der Waals surface area contributed by atoms with Gasteiger partial charge >= 0.3 is 11.9 Å². The first-order valence-corrected chi connectivity index (χ1v) is 13.0. The highest BCUT2D eigenvalue weighted by atomic mass is 16.4. The van der Waals surface area contributed by atoms with Crippen molar-refractivity contribution >= 4 is 23.5 Å². The van der Waals surface area contributed by atoms with E-state index in [-0.39, 0.29) is 19.0 Å². The lowest BCUT2D eigenvalue weighted by molar-refractivity contribution is -0.139. The molecule has 2 aliphatic rings. The predicted molar refractivity (Wildman–Crippen MR) is 138 cm³/mol. The van der Waals surface area contributed by atoms with Crippen molar-refractivity contribution in [3.63, 3.8) is 0 Å². The first kappa shape index (κ1) is 28.0. The quantitative estimate of drug-likeness (QED) is 0.501. The van der Waals surface area contributed by atoms with Crippen molar-refractivity contribution in [2.24, 2.45) is 5.92 Å². The van der Waals surface area contributed by atoms with Crippen LogP contribution in [0.25, 0.3) is 0 Å². The first-order chi connectivity index (χ1) is 17.3. The van der Waals surface area contributed by atoms with Crippen molar-refractivity contribution in [2.45, 2.75) is 26.2 Å². The fourth-order valence-electron chi connectivity index (χ4n) is 5.29. The van der Waals surface area contributed by atoms with Gasteiger partial charge < -0.3 is 25.3 Å². The Morgan fingerprint density at radius 1 is 0.778 bits per heavy atom. The number of rotatable bonds is 7. The van der Waals surface area contributed by atoms with E-state index in [4.69, 9.17) is 0 Å². The number of amides is 1. The molecule has 0 spiro atoms. The van der Waals surface area contributed by atoms with Gasteiger partial charge in [0.05, 0.1) is 13.1 Å². The fraction of sp³-hybridized carbons (Fsp3) is 0.654. The number of nitrogens with one attached hydrogen (secondary N) is 1. The van der Waals surface area contributed by atoms with Gasteiger partial charge in [-0.05, 0) is 56.0 Å². The minimum absolute atomic E-state index is 0.0598. The zero-order valence-electron chi connectivity index (χ0n) is 21.4. The molecule has 1 aromatic carbocycles. The predicted octanol–water partition coefficient (Wildman–Crippen LogP) is 0.988. The van der Waals surface area contributed by atoms with Crippen molar-refractivity contribution in [3.05, 3.63) is 29.8 Å². The minimum atomic E-state index is -0.792. The van der Waals surface area contributed by atoms with E-state index in [0.29, 0.717) is 19.0 Å². The second kappa shape index (κ2) is 14.3. The van der Waals surface area contributed by atoms with Crippen LogP contribution < -0.4 is 5.32 Å². The summed E-state index contributed by atoms with van der Waals surface area (Å²) in [6.45, 7) is 9.64. The summed E-state index contributed by atoms with van der Waals surface area (Å²) in [5.41, 5.74) is 2.01. The lowest BCUT2D eigenvalue weighted by atomic mass is 9.97. The van der Waals surface area contributed by atoms with Gasteiger partial charge in [-0.2, -0.15) is 0 Å². The smallest absolute Gasteiger partial charge is 0.317 e. The minimum Gasteiger partial charge on any atom is -0.480 e. The lowest BCUT2D eigenvalue weighted by Gasteiger charge is -2.31. The first-order valence-electron chi connectivity index (χ1n) is 13.0. The van der Waals surface area contributed by atoms with E-state index >= 15 is 0 Å². The Bertz CT molecular complexity index is 825. The molecular formula is C26H41N5O5. The number of carbonyl (C=O) groups is 3. The Morgan fingerprint density at radius 2 is 1.28 bits per heavy atom. The van der Waals surface area contributed by atoms with Crippen molar-refractivity contribution in [3.8, 4) is 0 Å². The van der Waals surface area contributed by atoms with Crippen molar-refractivity contribution in [1.82, 2.24) is 19.6 Å². The zero-order chi connectivity index (χ0) is 25.9. The summed E-state index contributed by atoms with van der Waals surface area (Å²) in [4.78, 5) is 43.1. The topological polar surface area (TPSA) is 117 Å². The monoisotopic (exact) mass is 503 g/mol. The van der Waals surface area contributed by atoms with E-state index in [9.17, 15) is 24.6 Å². The molecule has 200 valence electrons. The molecule has 1 amide bonds. The standard InChI is InChI=1S/C26H41N5O5/c1-21(32)27-24-6-4-22(5-7-24)16-23-17-28-8-2-10-30(19-25(33)34)14-13-29(18-23)9-3-11-31(15-12-28)20-26(35)36/h4-7,23H,2-3,8-20H2,1H3,(H,27,32)(H,33,34)(H,35,36). The molecule has 0 radical (unpaired) electrons. The number of nitrogens with zero attached hydrogens (tertiary/aromatic N) is 4. The van der Waals surface area contributed by atoms with Crippen LogP contribution in [0, 0.1) is 5.92 Å². The SMILES string of the molecule is CC(=O)Nc1ccc(CC2CN3CCCN(CC(=O)O)CCN(CCCN(CC(=O)O)CC3)C2)cc1. The van der Waals surface area contributed by atoms with Gasteiger partial charge in [0.1, 0.15) is 0 Å². The van der Waals surface area contributed by atoms with E-state index in [0.717, 1.165) is 77.3 Å². The van der Waals surface area contributed by atoms with Crippen molar-refractivity contribution in [1.29, 1.82) is 0 Å². The maximum Gasteiger partial charge on any atom is 0.317 e. The van der Waals surface area contributed by atoms with E-state index < -0.39 is 11.9 Å². The molecule has 0 aromatic heterocycles. The summed E-state index contributed by atoms with van der Waals surface area (Å²) in [5.74, 6) is -1.29. The van der Waals surface area contributed by atoms with Crippen molar-refractivity contribution < 1.29 is 24.6 Å². The number of fused-ring (bicyclic) bond motifs is 4. The molecule has 2 saturated heterocycles. The van der Waals surface area contributed by atoms with Crippen LogP contribution in [0.5, 0.6) is 0 Å². The van der Waals surface area contributed by atoms with Gasteiger partial charge in [0.25, 0.3) is 0 Å². The molecule has 10 nitrogen and oxygen atoms in total. The molecule has 2 heterocycles. The van der Waals surface area contributed by atoms with Crippen molar-refractivity contribution in [2.75, 3.05) is 83.9 Å². The molecule has 2 fully saturated rings. The number of hydrogen-bond acceptors (Lipinski definition) is 7. The van der Waals surface area contributed by atoms with E-state index in [1.54, 1.807) is 0 Å². The Balaban J connectivity index is 1.78. The average Bonchev–Trinajstić information content (AvgIpc) is 2.85. The number of benzene rings is 1. The Kier molecular flexibility index (Phi) is 11.1. The molecule has 2 unspecified atom stereocenters. The molecule has 0 saturated carbocycles. The Hall–Kier alpha value is -2.53. The third-order valence-electron chi connectivity index (χ3n) is 6.91. The number of carboxylic acids is 2. The third-order valence-corrected chi connectivity index (χ3v) is 6.91. The van der Waals surface area contributed by atoms with Crippen LogP contribution in [0.3, 0.4) is 0 Å². The van der Waals surface area contributed by atoms with Crippen LogP contribution in [0.1, 0.15) is 25.3 Å². The zero-order valence-corrected chi connectivity index (χ0v) is 21.4. The van der Waals surface area contributed by atoms with E-state index in [1.165, 1.54) is 12.5 Å². The normalized spacial score (nSPS) is 25.0. The molecular weight excluding hydrogens is 462 g/mol. The molecule has 36 heavy (non-hydrogen) atoms. The van der Waals surface area contributed by atoms with Gasteiger partial charge in [-0.25, -0.2) is 0 Å². The Labute approximate surface area is 213 Å². The number of carboxylic acid groups (broad SMARTS) is 2. The summed E-state index contributed by atoms with van der Waals surface area (Å²) in [6.07, 6.45) is 2.67. The molecule has 10 heteroatoms. The van der Waals surface area contributed by atoms with Crippen LogP contribution >= 0.6 is 0 Å². The van der Waals surface area contributed by atoms with Gasteiger partial charge in [-0.1, -0.05) is 12.1 Å². The third kappa shape index (κ3) is 10.2. The lowest BCUT2D eigenvalue weighted by Crippen LogP contribution is -2.41. The maximum atomic E-state index is 11.4. The summed E-state index contributed by atoms with van der Waals surface area (Å²) in [7, 11) is 0. The largest absolute Gasteiger partial charge is 0.480 e. The van der Waals surface area contributed by atoms with Gasteiger partial charge in [-0.15, -0.1) is 0 Å². The summed E-state index contributed by atoms with van der Waals surface area (Å²) >= 11 is 0. The number of carbonyl (C=O) groups excluding carboxylic acids is 1. The number of hydrogen-bond donors (Lipinski definition) is 3. The molecule has 2 bridgehead atoms. The van der Waals surface area contributed by atoms with Gasteiger partial charge in [-0.3, -0.25) is 24.2 Å². The molecule has 2 atom stereocenters. The second-order valence-corrected chi connectivity index (χ2v) is 10.1. The van der Waals surface area contributed by atoms with Crippen LogP contribution in [0.15, 0.2) is 24.3 Å². The second-order valence-electron chi connectivity index (χ2n) is 10.1. The van der Waals surface area contributed by atoms with Crippen LogP contribution in [-0.2, 0) is 20.8 Å². The molecule has 3 rings (SSSR count).